The number of carboxylic acids is 1. The van der Waals surface area contributed by atoms with Crippen LogP contribution in [0.4, 0.5) is 0 Å². The lowest BCUT2D eigenvalue weighted by Crippen LogP contribution is -2.29. The van der Waals surface area contributed by atoms with E-state index in [1.807, 2.05) is 18.4 Å². The van der Waals surface area contributed by atoms with Crippen LogP contribution in [0.3, 0.4) is 0 Å². The van der Waals surface area contributed by atoms with Crippen molar-refractivity contribution < 1.29 is 19.4 Å². The molecule has 0 radical (unpaired) electrons. The normalized spacial score (nSPS) is 10.8. The molecular weight excluding hydrogens is 266 g/mol. The standard InChI is InChI=1S/C13H17NO4S/c1-3-18-8-12(15)14(2)7-10-6-11(19-9-10)4-5-13(16)17/h4-6,9H,3,7-8H2,1-2H3,(H,16,17). The minimum atomic E-state index is -0.973. The summed E-state index contributed by atoms with van der Waals surface area (Å²) in [5.41, 5.74) is 0.974. The molecule has 0 spiro atoms. The highest BCUT2D eigenvalue weighted by Crippen LogP contribution is 2.17. The molecule has 0 saturated heterocycles. The smallest absolute Gasteiger partial charge is 0.328 e. The summed E-state index contributed by atoms with van der Waals surface area (Å²) >= 11 is 1.44. The first-order chi connectivity index (χ1) is 9.02. The molecule has 1 aromatic heterocycles. The first-order valence-corrected chi connectivity index (χ1v) is 6.71. The summed E-state index contributed by atoms with van der Waals surface area (Å²) in [7, 11) is 1.71. The average molecular weight is 283 g/mol. The molecule has 1 heterocycles. The van der Waals surface area contributed by atoms with Crippen LogP contribution in [0.25, 0.3) is 6.08 Å². The van der Waals surface area contributed by atoms with Gasteiger partial charge >= 0.3 is 5.97 Å². The number of nitrogens with zero attached hydrogens (tertiary/aromatic N) is 1. The summed E-state index contributed by atoms with van der Waals surface area (Å²) in [4.78, 5) is 24.5. The Labute approximate surface area is 116 Å². The third-order valence-electron chi connectivity index (χ3n) is 2.34. The lowest BCUT2D eigenvalue weighted by molar-refractivity contribution is -0.135. The molecule has 1 amide bonds. The molecule has 0 bridgehead atoms. The molecule has 0 unspecified atom stereocenters. The Balaban J connectivity index is 2.53. The van der Waals surface area contributed by atoms with Gasteiger partial charge in [-0.3, -0.25) is 4.79 Å². The fourth-order valence-electron chi connectivity index (χ4n) is 1.38. The number of amides is 1. The van der Waals surface area contributed by atoms with Gasteiger partial charge in [0.2, 0.25) is 5.91 Å². The molecule has 6 heteroatoms. The fraction of sp³-hybridized carbons (Fsp3) is 0.385. The van der Waals surface area contributed by atoms with E-state index in [2.05, 4.69) is 0 Å². The van der Waals surface area contributed by atoms with Gasteiger partial charge in [0.05, 0.1) is 0 Å². The molecule has 1 rings (SSSR count). The SMILES string of the molecule is CCOCC(=O)N(C)Cc1csc(C=CC(=O)O)c1. The average Bonchev–Trinajstić information content (AvgIpc) is 2.81. The number of carboxylic acid groups (broad SMARTS) is 1. The predicted molar refractivity (Wildman–Crippen MR) is 74.0 cm³/mol. The largest absolute Gasteiger partial charge is 0.478 e. The van der Waals surface area contributed by atoms with Crippen LogP contribution in [0.5, 0.6) is 0 Å². The van der Waals surface area contributed by atoms with Crippen molar-refractivity contribution >= 4 is 29.3 Å². The van der Waals surface area contributed by atoms with Crippen LogP contribution >= 0.6 is 11.3 Å². The van der Waals surface area contributed by atoms with E-state index in [1.165, 1.54) is 11.3 Å². The number of rotatable bonds is 7. The van der Waals surface area contributed by atoms with Crippen LogP contribution in [-0.2, 0) is 20.9 Å². The molecule has 0 aliphatic heterocycles. The Morgan fingerprint density at radius 2 is 2.26 bits per heavy atom. The van der Waals surface area contributed by atoms with Gasteiger partial charge in [0, 0.05) is 31.2 Å². The van der Waals surface area contributed by atoms with Gasteiger partial charge in [-0.05, 0) is 30.0 Å². The molecule has 0 aliphatic rings. The van der Waals surface area contributed by atoms with Gasteiger partial charge in [-0.25, -0.2) is 4.79 Å². The molecule has 0 saturated carbocycles. The Hall–Kier alpha value is -1.66. The van der Waals surface area contributed by atoms with Crippen molar-refractivity contribution in [3.63, 3.8) is 0 Å². The van der Waals surface area contributed by atoms with E-state index >= 15 is 0 Å². The number of likely N-dealkylation sites (N-methyl/N-ethyl adjacent to an activating group) is 1. The molecule has 0 aliphatic carbocycles. The maximum atomic E-state index is 11.6. The van der Waals surface area contributed by atoms with Crippen LogP contribution in [0.2, 0.25) is 0 Å². The molecule has 1 N–H and O–H groups in total. The molecule has 0 atom stereocenters. The number of thiophene rings is 1. The Bertz CT molecular complexity index is 467. The third-order valence-corrected chi connectivity index (χ3v) is 3.29. The van der Waals surface area contributed by atoms with Gasteiger partial charge in [-0.1, -0.05) is 0 Å². The molecular formula is C13H17NO4S. The number of carbonyl (C=O) groups is 2. The van der Waals surface area contributed by atoms with Crippen molar-refractivity contribution in [2.75, 3.05) is 20.3 Å². The number of ether oxygens (including phenoxy) is 1. The summed E-state index contributed by atoms with van der Waals surface area (Å²) < 4.78 is 5.06. The number of carbonyl (C=O) groups excluding carboxylic acids is 1. The van der Waals surface area contributed by atoms with Gasteiger partial charge in [0.1, 0.15) is 6.61 Å². The van der Waals surface area contributed by atoms with Gasteiger partial charge in [-0.2, -0.15) is 0 Å². The van der Waals surface area contributed by atoms with Crippen LogP contribution in [-0.4, -0.2) is 42.1 Å². The first kappa shape index (κ1) is 15.4. The maximum Gasteiger partial charge on any atom is 0.328 e. The van der Waals surface area contributed by atoms with E-state index in [4.69, 9.17) is 9.84 Å². The Morgan fingerprint density at radius 1 is 1.53 bits per heavy atom. The minimum Gasteiger partial charge on any atom is -0.478 e. The number of hydrogen-bond donors (Lipinski definition) is 1. The topological polar surface area (TPSA) is 66.8 Å². The highest BCUT2D eigenvalue weighted by molar-refractivity contribution is 7.11. The lowest BCUT2D eigenvalue weighted by Gasteiger charge is -2.16. The predicted octanol–water partition coefficient (Wildman–Crippen LogP) is 1.84. The van der Waals surface area contributed by atoms with Crippen LogP contribution < -0.4 is 0 Å². The van der Waals surface area contributed by atoms with Gasteiger partial charge in [-0.15, -0.1) is 11.3 Å². The second-order valence-electron chi connectivity index (χ2n) is 3.92. The van der Waals surface area contributed by atoms with Crippen molar-refractivity contribution in [2.45, 2.75) is 13.5 Å². The molecule has 1 aromatic rings. The van der Waals surface area contributed by atoms with E-state index in [0.29, 0.717) is 13.2 Å². The molecule has 5 nitrogen and oxygen atoms in total. The van der Waals surface area contributed by atoms with Gasteiger partial charge in [0.15, 0.2) is 0 Å². The number of aliphatic carboxylic acids is 1. The van der Waals surface area contributed by atoms with E-state index in [1.54, 1.807) is 18.0 Å². The summed E-state index contributed by atoms with van der Waals surface area (Å²) in [6.07, 6.45) is 2.64. The lowest BCUT2D eigenvalue weighted by atomic mass is 10.3. The number of hydrogen-bond acceptors (Lipinski definition) is 4. The van der Waals surface area contributed by atoms with Crippen molar-refractivity contribution in [1.82, 2.24) is 4.90 Å². The zero-order valence-electron chi connectivity index (χ0n) is 11.0. The quantitative estimate of drug-likeness (QED) is 0.775. The molecule has 0 aromatic carbocycles. The summed E-state index contributed by atoms with van der Waals surface area (Å²) in [6.45, 7) is 2.93. The third kappa shape index (κ3) is 5.67. The van der Waals surface area contributed by atoms with E-state index in [9.17, 15) is 9.59 Å². The molecule has 19 heavy (non-hydrogen) atoms. The van der Waals surface area contributed by atoms with Crippen molar-refractivity contribution in [1.29, 1.82) is 0 Å². The second-order valence-corrected chi connectivity index (χ2v) is 4.86. The van der Waals surface area contributed by atoms with E-state index < -0.39 is 5.97 Å². The van der Waals surface area contributed by atoms with E-state index in [-0.39, 0.29) is 12.5 Å². The molecule has 104 valence electrons. The summed E-state index contributed by atoms with van der Waals surface area (Å²) in [6, 6.07) is 1.87. The summed E-state index contributed by atoms with van der Waals surface area (Å²) in [5, 5.41) is 10.4. The zero-order chi connectivity index (χ0) is 14.3. The monoisotopic (exact) mass is 283 g/mol. The van der Waals surface area contributed by atoms with Crippen molar-refractivity contribution in [2.24, 2.45) is 0 Å². The summed E-state index contributed by atoms with van der Waals surface area (Å²) in [5.74, 6) is -1.05. The van der Waals surface area contributed by atoms with Gasteiger partial charge < -0.3 is 14.7 Å². The van der Waals surface area contributed by atoms with Crippen LogP contribution in [0, 0.1) is 0 Å². The Kier molecular flexibility index (Phi) is 6.24. The fourth-order valence-corrected chi connectivity index (χ4v) is 2.18. The highest BCUT2D eigenvalue weighted by atomic mass is 32.1. The maximum absolute atomic E-state index is 11.6. The highest BCUT2D eigenvalue weighted by Gasteiger charge is 2.09. The van der Waals surface area contributed by atoms with Crippen molar-refractivity contribution in [3.05, 3.63) is 28.0 Å². The molecule has 0 fully saturated rings. The zero-order valence-corrected chi connectivity index (χ0v) is 11.8. The van der Waals surface area contributed by atoms with Crippen LogP contribution in [0.15, 0.2) is 17.5 Å². The first-order valence-electron chi connectivity index (χ1n) is 5.83. The van der Waals surface area contributed by atoms with Gasteiger partial charge in [0.25, 0.3) is 0 Å². The van der Waals surface area contributed by atoms with Crippen molar-refractivity contribution in [3.8, 4) is 0 Å². The minimum absolute atomic E-state index is 0.0734. The Morgan fingerprint density at radius 3 is 2.89 bits per heavy atom. The van der Waals surface area contributed by atoms with Crippen LogP contribution in [0.1, 0.15) is 17.4 Å². The second kappa shape index (κ2) is 7.70. The van der Waals surface area contributed by atoms with E-state index in [0.717, 1.165) is 16.5 Å².